The van der Waals surface area contributed by atoms with Crippen LogP contribution in [-0.4, -0.2) is 30.4 Å². The summed E-state index contributed by atoms with van der Waals surface area (Å²) in [7, 11) is 0. The van der Waals surface area contributed by atoms with Crippen molar-refractivity contribution in [1.82, 2.24) is 4.98 Å². The second-order valence-corrected chi connectivity index (χ2v) is 5.52. The maximum atomic E-state index is 5.92. The van der Waals surface area contributed by atoms with E-state index >= 15 is 0 Å². The van der Waals surface area contributed by atoms with Gasteiger partial charge in [-0.25, -0.2) is 4.98 Å². The first kappa shape index (κ1) is 13.6. The molecule has 1 aromatic heterocycles. The van der Waals surface area contributed by atoms with Crippen LogP contribution < -0.4 is 10.5 Å². The zero-order chi connectivity index (χ0) is 13.8. The topological polar surface area (TPSA) is 66.6 Å². The summed E-state index contributed by atoms with van der Waals surface area (Å²) < 4.78 is 17.0. The molecule has 5 heteroatoms. The van der Waals surface area contributed by atoms with Crippen LogP contribution in [0.4, 0.5) is 5.69 Å². The molecule has 2 aliphatic rings. The molecule has 0 radical (unpaired) electrons. The molecule has 1 saturated carbocycles. The van der Waals surface area contributed by atoms with E-state index in [0.29, 0.717) is 24.3 Å². The van der Waals surface area contributed by atoms with Crippen molar-refractivity contribution in [3.63, 3.8) is 0 Å². The Bertz CT molecular complexity index is 443. The lowest BCUT2D eigenvalue weighted by atomic mass is 9.96. The van der Waals surface area contributed by atoms with Crippen molar-refractivity contribution in [1.29, 1.82) is 0 Å². The van der Waals surface area contributed by atoms with Crippen molar-refractivity contribution in [2.75, 3.05) is 18.9 Å². The first-order valence-corrected chi connectivity index (χ1v) is 7.42. The van der Waals surface area contributed by atoms with Crippen LogP contribution in [0.2, 0.25) is 0 Å². The average molecular weight is 278 g/mol. The molecule has 2 heterocycles. The summed E-state index contributed by atoms with van der Waals surface area (Å²) in [4.78, 5) is 4.49. The average Bonchev–Trinajstić information content (AvgIpc) is 2.37. The van der Waals surface area contributed by atoms with Crippen molar-refractivity contribution in [3.05, 3.63) is 17.8 Å². The lowest BCUT2D eigenvalue weighted by Crippen LogP contribution is -2.26. The van der Waals surface area contributed by atoms with Crippen LogP contribution in [0.5, 0.6) is 5.88 Å². The van der Waals surface area contributed by atoms with Crippen LogP contribution in [0.25, 0.3) is 0 Å². The van der Waals surface area contributed by atoms with Crippen LogP contribution in [0.1, 0.15) is 37.8 Å². The van der Waals surface area contributed by atoms with Crippen molar-refractivity contribution in [2.24, 2.45) is 0 Å². The Kier molecular flexibility index (Phi) is 4.38. The van der Waals surface area contributed by atoms with Gasteiger partial charge in [0.1, 0.15) is 6.10 Å². The molecule has 1 aromatic rings. The van der Waals surface area contributed by atoms with Crippen LogP contribution in [0, 0.1) is 0 Å². The fraction of sp³-hybridized carbons (Fsp3) is 0.667. The highest BCUT2D eigenvalue weighted by Crippen LogP contribution is 2.24. The van der Waals surface area contributed by atoms with Gasteiger partial charge in [0.05, 0.1) is 31.6 Å². The van der Waals surface area contributed by atoms with E-state index in [1.807, 2.05) is 6.07 Å². The van der Waals surface area contributed by atoms with Crippen LogP contribution in [0.15, 0.2) is 12.1 Å². The number of nitrogens with two attached hydrogens (primary N) is 1. The minimum Gasteiger partial charge on any atom is -0.474 e. The maximum absolute atomic E-state index is 5.92. The molecule has 1 aliphatic carbocycles. The number of nitrogen functional groups attached to an aromatic ring is 1. The highest BCUT2D eigenvalue weighted by Gasteiger charge is 2.19. The molecule has 0 atom stereocenters. The summed E-state index contributed by atoms with van der Waals surface area (Å²) in [5.74, 6) is 0.601. The molecule has 3 rings (SSSR count). The zero-order valence-electron chi connectivity index (χ0n) is 11.7. The second kappa shape index (κ2) is 6.41. The van der Waals surface area contributed by atoms with Gasteiger partial charge in [-0.2, -0.15) is 0 Å². The first-order valence-electron chi connectivity index (χ1n) is 7.42. The summed E-state index contributed by atoms with van der Waals surface area (Å²) >= 11 is 0. The molecule has 2 fully saturated rings. The predicted octanol–water partition coefficient (Wildman–Crippen LogP) is 2.29. The van der Waals surface area contributed by atoms with Crippen molar-refractivity contribution < 1.29 is 14.2 Å². The molecule has 5 nitrogen and oxygen atoms in total. The largest absolute Gasteiger partial charge is 0.474 e. The SMILES string of the molecule is Nc1cc(COC2CCC2)nc(OC2CCOCC2)c1. The summed E-state index contributed by atoms with van der Waals surface area (Å²) in [6.45, 7) is 2.02. The van der Waals surface area contributed by atoms with Crippen molar-refractivity contribution in [3.8, 4) is 5.88 Å². The van der Waals surface area contributed by atoms with Gasteiger partial charge in [0, 0.05) is 24.6 Å². The third-order valence-electron chi connectivity index (χ3n) is 3.85. The molecule has 0 amide bonds. The molecule has 1 aliphatic heterocycles. The third-order valence-corrected chi connectivity index (χ3v) is 3.85. The standard InChI is InChI=1S/C15H22N2O3/c16-11-8-12(10-19-13-2-1-3-13)17-15(9-11)20-14-4-6-18-7-5-14/h8-9,13-14H,1-7,10H2,(H2,16,17). The molecular formula is C15H22N2O3. The molecular weight excluding hydrogens is 256 g/mol. The van der Waals surface area contributed by atoms with Gasteiger partial charge in [0.25, 0.3) is 0 Å². The van der Waals surface area contributed by atoms with E-state index in [0.717, 1.165) is 44.6 Å². The molecule has 2 N–H and O–H groups in total. The summed E-state index contributed by atoms with van der Waals surface area (Å²) in [6.07, 6.45) is 5.99. The molecule has 0 aromatic carbocycles. The number of pyridine rings is 1. The van der Waals surface area contributed by atoms with Gasteiger partial charge >= 0.3 is 0 Å². The fourth-order valence-corrected chi connectivity index (χ4v) is 2.42. The van der Waals surface area contributed by atoms with Gasteiger partial charge in [-0.3, -0.25) is 0 Å². The molecule has 20 heavy (non-hydrogen) atoms. The van der Waals surface area contributed by atoms with Crippen LogP contribution in [-0.2, 0) is 16.1 Å². The van der Waals surface area contributed by atoms with E-state index in [1.54, 1.807) is 6.07 Å². The predicted molar refractivity (Wildman–Crippen MR) is 75.5 cm³/mol. The Balaban J connectivity index is 1.59. The van der Waals surface area contributed by atoms with Gasteiger partial charge in [-0.15, -0.1) is 0 Å². The molecule has 0 unspecified atom stereocenters. The molecule has 1 saturated heterocycles. The van der Waals surface area contributed by atoms with Gasteiger partial charge in [-0.05, 0) is 25.3 Å². The fourth-order valence-electron chi connectivity index (χ4n) is 2.42. The molecule has 0 bridgehead atoms. The van der Waals surface area contributed by atoms with Gasteiger partial charge in [0.15, 0.2) is 0 Å². The van der Waals surface area contributed by atoms with Crippen molar-refractivity contribution >= 4 is 5.69 Å². The number of rotatable bonds is 5. The second-order valence-electron chi connectivity index (χ2n) is 5.52. The smallest absolute Gasteiger partial charge is 0.215 e. The lowest BCUT2D eigenvalue weighted by molar-refractivity contribution is -0.0107. The molecule has 110 valence electrons. The van der Waals surface area contributed by atoms with Gasteiger partial charge in [0.2, 0.25) is 5.88 Å². The highest BCUT2D eigenvalue weighted by molar-refractivity contribution is 5.42. The Labute approximate surface area is 119 Å². The Morgan fingerprint density at radius 3 is 2.65 bits per heavy atom. The number of aromatic nitrogens is 1. The Morgan fingerprint density at radius 2 is 1.95 bits per heavy atom. The number of nitrogens with zero attached hydrogens (tertiary/aromatic N) is 1. The third kappa shape index (κ3) is 3.61. The lowest BCUT2D eigenvalue weighted by Gasteiger charge is -2.25. The van der Waals surface area contributed by atoms with E-state index in [-0.39, 0.29) is 6.10 Å². The quantitative estimate of drug-likeness (QED) is 0.895. The van der Waals surface area contributed by atoms with Gasteiger partial charge in [-0.1, -0.05) is 0 Å². The van der Waals surface area contributed by atoms with E-state index < -0.39 is 0 Å². The first-order chi connectivity index (χ1) is 9.79. The zero-order valence-corrected chi connectivity index (χ0v) is 11.7. The van der Waals surface area contributed by atoms with E-state index in [1.165, 1.54) is 6.42 Å². The van der Waals surface area contributed by atoms with Crippen LogP contribution >= 0.6 is 0 Å². The summed E-state index contributed by atoms with van der Waals surface area (Å²) in [5.41, 5.74) is 7.44. The molecule has 0 spiro atoms. The Morgan fingerprint density at radius 1 is 1.15 bits per heavy atom. The minimum absolute atomic E-state index is 0.179. The summed E-state index contributed by atoms with van der Waals surface area (Å²) in [5, 5.41) is 0. The highest BCUT2D eigenvalue weighted by atomic mass is 16.5. The van der Waals surface area contributed by atoms with Crippen LogP contribution in [0.3, 0.4) is 0 Å². The number of hydrogen-bond donors (Lipinski definition) is 1. The summed E-state index contributed by atoms with van der Waals surface area (Å²) in [6, 6.07) is 3.64. The Hall–Kier alpha value is -1.33. The van der Waals surface area contributed by atoms with Crippen molar-refractivity contribution in [2.45, 2.75) is 50.9 Å². The van der Waals surface area contributed by atoms with E-state index in [9.17, 15) is 0 Å². The van der Waals surface area contributed by atoms with E-state index in [4.69, 9.17) is 19.9 Å². The number of hydrogen-bond acceptors (Lipinski definition) is 5. The maximum Gasteiger partial charge on any atom is 0.215 e. The monoisotopic (exact) mass is 278 g/mol. The number of anilines is 1. The number of ether oxygens (including phenoxy) is 3. The van der Waals surface area contributed by atoms with E-state index in [2.05, 4.69) is 4.98 Å². The minimum atomic E-state index is 0.179. The van der Waals surface area contributed by atoms with Gasteiger partial charge < -0.3 is 19.9 Å². The normalized spacial score (nSPS) is 20.6.